The molecule has 0 atom stereocenters. The van der Waals surface area contributed by atoms with Crippen molar-refractivity contribution >= 4 is 22.5 Å². The molecule has 270 valence electrons. The van der Waals surface area contributed by atoms with E-state index in [1.165, 1.54) is 54.6 Å². The van der Waals surface area contributed by atoms with E-state index in [2.05, 4.69) is 140 Å². The maximum atomic E-state index is 5.90. The Morgan fingerprint density at radius 3 is 1.00 bits per heavy atom. The minimum Gasteiger partial charge on any atom is -0.376 e. The average Bonchev–Trinajstić information content (AvgIpc) is 2.93. The van der Waals surface area contributed by atoms with Crippen molar-refractivity contribution < 1.29 is 18.9 Å². The van der Waals surface area contributed by atoms with Gasteiger partial charge in [-0.15, -0.1) is 11.7 Å². The molecule has 2 aromatic carbocycles. The van der Waals surface area contributed by atoms with Crippen molar-refractivity contribution in [3.05, 3.63) is 63.2 Å². The molecular formula is C41H70O4S2. The van der Waals surface area contributed by atoms with Gasteiger partial charge in [0, 0.05) is 31.3 Å². The first kappa shape index (κ1) is 44.0. The number of hydrogen-bond acceptors (Lipinski definition) is 6. The Morgan fingerprint density at radius 2 is 0.766 bits per heavy atom. The average molecular weight is 691 g/mol. The zero-order valence-electron chi connectivity index (χ0n) is 32.8. The summed E-state index contributed by atoms with van der Waals surface area (Å²) < 4.78 is 23.6. The number of thiol groups is 1. The third-order valence-electron chi connectivity index (χ3n) is 7.52. The first-order valence-corrected chi connectivity index (χ1v) is 19.5. The van der Waals surface area contributed by atoms with E-state index < -0.39 is 0 Å². The van der Waals surface area contributed by atoms with Crippen LogP contribution in [0.3, 0.4) is 0 Å². The van der Waals surface area contributed by atoms with Crippen LogP contribution in [0.15, 0.2) is 29.2 Å². The van der Waals surface area contributed by atoms with E-state index in [9.17, 15) is 0 Å². The highest BCUT2D eigenvalue weighted by Gasteiger charge is 2.20. The zero-order valence-corrected chi connectivity index (χ0v) is 34.5. The third-order valence-corrected chi connectivity index (χ3v) is 8.78. The van der Waals surface area contributed by atoms with Crippen molar-refractivity contribution in [3.63, 3.8) is 0 Å². The lowest BCUT2D eigenvalue weighted by Crippen LogP contribution is -2.14. The standard InChI is InChI=1S/C21H36O2.C20H34O2S2/c1-15(2)11-22-13-18-9-20(21(6,7)8)10-19(17(18)5)14-23-12-16(3)4;1-14(2)10-21-12-16-8-18(20(5,6)7)9-17(19(16)24-23)13-22-11-15(3)4/h9-10,15-16H,11-14H2,1-8H3;8-9,14-15,23H,10-13H2,1-7H3. The number of rotatable bonds is 17. The van der Waals surface area contributed by atoms with Crippen LogP contribution < -0.4 is 0 Å². The topological polar surface area (TPSA) is 36.9 Å². The molecule has 0 bridgehead atoms. The first-order chi connectivity index (χ1) is 21.8. The highest BCUT2D eigenvalue weighted by Crippen LogP contribution is 2.35. The molecule has 2 rings (SSSR count). The molecule has 0 amide bonds. The monoisotopic (exact) mass is 690 g/mol. The smallest absolute Gasteiger partial charge is 0.0728 e. The molecule has 0 saturated heterocycles. The van der Waals surface area contributed by atoms with E-state index in [4.69, 9.17) is 18.9 Å². The molecule has 0 spiro atoms. The molecule has 0 aliphatic carbocycles. The van der Waals surface area contributed by atoms with Crippen molar-refractivity contribution in [1.29, 1.82) is 0 Å². The molecule has 0 saturated carbocycles. The Labute approximate surface area is 299 Å². The van der Waals surface area contributed by atoms with Crippen LogP contribution in [0.25, 0.3) is 0 Å². The van der Waals surface area contributed by atoms with Gasteiger partial charge in [-0.25, -0.2) is 0 Å². The Balaban J connectivity index is 0.000000470. The second kappa shape index (κ2) is 21.3. The molecule has 0 radical (unpaired) electrons. The maximum absolute atomic E-state index is 5.90. The zero-order chi connectivity index (χ0) is 35.9. The van der Waals surface area contributed by atoms with Gasteiger partial charge in [-0.3, -0.25) is 0 Å². The summed E-state index contributed by atoms with van der Waals surface area (Å²) in [6, 6.07) is 9.15. The first-order valence-electron chi connectivity index (χ1n) is 17.7. The van der Waals surface area contributed by atoms with Crippen LogP contribution in [0.4, 0.5) is 0 Å². The quantitative estimate of drug-likeness (QED) is 0.132. The summed E-state index contributed by atoms with van der Waals surface area (Å²) in [5, 5.41) is 0. The van der Waals surface area contributed by atoms with Gasteiger partial charge >= 0.3 is 0 Å². The van der Waals surface area contributed by atoms with Crippen LogP contribution in [0.2, 0.25) is 0 Å². The summed E-state index contributed by atoms with van der Waals surface area (Å²) >= 11 is 4.49. The molecule has 0 heterocycles. The Morgan fingerprint density at radius 1 is 0.511 bits per heavy atom. The van der Waals surface area contributed by atoms with Gasteiger partial charge in [-0.1, -0.05) is 132 Å². The summed E-state index contributed by atoms with van der Waals surface area (Å²) in [6.45, 7) is 38.9. The fourth-order valence-corrected chi connectivity index (χ4v) is 5.88. The minimum atomic E-state index is 0.0966. The van der Waals surface area contributed by atoms with Gasteiger partial charge in [0.2, 0.25) is 0 Å². The third kappa shape index (κ3) is 17.5. The van der Waals surface area contributed by atoms with E-state index in [0.29, 0.717) is 50.1 Å². The van der Waals surface area contributed by atoms with Crippen LogP contribution in [0.5, 0.6) is 0 Å². The highest BCUT2D eigenvalue weighted by molar-refractivity contribution is 8.68. The lowest BCUT2D eigenvalue weighted by atomic mass is 9.83. The number of benzene rings is 2. The molecule has 4 nitrogen and oxygen atoms in total. The van der Waals surface area contributed by atoms with Gasteiger partial charge in [-0.2, -0.15) is 0 Å². The predicted octanol–water partition coefficient (Wildman–Crippen LogP) is 11.9. The van der Waals surface area contributed by atoms with Gasteiger partial charge in [0.25, 0.3) is 0 Å². The van der Waals surface area contributed by atoms with Crippen LogP contribution >= 0.6 is 22.5 Å². The molecular weight excluding hydrogens is 621 g/mol. The fourth-order valence-electron chi connectivity index (χ4n) is 4.71. The van der Waals surface area contributed by atoms with E-state index in [0.717, 1.165) is 26.4 Å². The molecule has 0 aromatic heterocycles. The molecule has 0 N–H and O–H groups in total. The van der Waals surface area contributed by atoms with Gasteiger partial charge in [0.05, 0.1) is 26.4 Å². The van der Waals surface area contributed by atoms with Gasteiger partial charge in [0.1, 0.15) is 0 Å². The fraction of sp³-hybridized carbons (Fsp3) is 0.707. The second-order valence-corrected chi connectivity index (χ2v) is 17.9. The Bertz CT molecular complexity index is 1100. The van der Waals surface area contributed by atoms with Gasteiger partial charge in [0.15, 0.2) is 0 Å². The van der Waals surface area contributed by atoms with Gasteiger partial charge < -0.3 is 18.9 Å². The van der Waals surface area contributed by atoms with Crippen molar-refractivity contribution in [2.45, 2.75) is 146 Å². The molecule has 2 aromatic rings. The minimum absolute atomic E-state index is 0.0966. The Kier molecular flexibility index (Phi) is 19.9. The molecule has 0 aliphatic heterocycles. The summed E-state index contributed by atoms with van der Waals surface area (Å²) in [5.41, 5.74) is 9.23. The van der Waals surface area contributed by atoms with Crippen molar-refractivity contribution in [2.75, 3.05) is 26.4 Å². The largest absolute Gasteiger partial charge is 0.376 e. The predicted molar refractivity (Wildman–Crippen MR) is 208 cm³/mol. The highest BCUT2D eigenvalue weighted by atomic mass is 33.1. The molecule has 0 fully saturated rings. The summed E-state index contributed by atoms with van der Waals surface area (Å²) in [5.74, 6) is 2.21. The molecule has 0 aliphatic rings. The number of hydrogen-bond donors (Lipinski definition) is 1. The van der Waals surface area contributed by atoms with Crippen LogP contribution in [-0.4, -0.2) is 26.4 Å². The Hall–Kier alpha value is -1.02. The maximum Gasteiger partial charge on any atom is 0.0728 e. The van der Waals surface area contributed by atoms with Crippen molar-refractivity contribution in [1.82, 2.24) is 0 Å². The molecule has 6 heteroatoms. The van der Waals surface area contributed by atoms with Crippen LogP contribution in [0, 0.1) is 30.6 Å². The molecule has 0 unspecified atom stereocenters. The lowest BCUT2D eigenvalue weighted by molar-refractivity contribution is 0.0907. The van der Waals surface area contributed by atoms with Gasteiger partial charge in [-0.05, 0) is 80.4 Å². The van der Waals surface area contributed by atoms with E-state index in [1.54, 1.807) is 0 Å². The van der Waals surface area contributed by atoms with Crippen LogP contribution in [0.1, 0.15) is 136 Å². The lowest BCUT2D eigenvalue weighted by Gasteiger charge is -2.24. The second-order valence-electron chi connectivity index (χ2n) is 16.8. The summed E-state index contributed by atoms with van der Waals surface area (Å²) in [7, 11) is 1.49. The normalized spacial score (nSPS) is 12.4. The SMILES string of the molecule is CC(C)COCc1cc(C(C)(C)C)cc(COCC(C)C)c1SS.Cc1c(COCC(C)C)cc(C(C)(C)C)cc1COCC(C)C. The number of ether oxygens (including phenoxy) is 4. The van der Waals surface area contributed by atoms with Crippen molar-refractivity contribution in [3.8, 4) is 0 Å². The van der Waals surface area contributed by atoms with E-state index >= 15 is 0 Å². The van der Waals surface area contributed by atoms with Crippen molar-refractivity contribution in [2.24, 2.45) is 23.7 Å². The van der Waals surface area contributed by atoms with E-state index in [1.807, 2.05) is 0 Å². The molecule has 47 heavy (non-hydrogen) atoms. The summed E-state index contributed by atoms with van der Waals surface area (Å²) in [4.78, 5) is 1.18. The van der Waals surface area contributed by atoms with Crippen LogP contribution in [-0.2, 0) is 56.2 Å². The van der Waals surface area contributed by atoms with E-state index in [-0.39, 0.29) is 10.8 Å². The summed E-state index contributed by atoms with van der Waals surface area (Å²) in [6.07, 6.45) is 0.